The number of alkyl halides is 3. The summed E-state index contributed by atoms with van der Waals surface area (Å²) in [5.74, 6) is 0.492. The van der Waals surface area contributed by atoms with E-state index < -0.39 is 18.2 Å². The van der Waals surface area contributed by atoms with Gasteiger partial charge in [-0.2, -0.15) is 13.2 Å². The quantitative estimate of drug-likeness (QED) is 0.246. The Balaban J connectivity index is 1.97. The van der Waals surface area contributed by atoms with Gasteiger partial charge in [-0.05, 0) is 49.2 Å². The van der Waals surface area contributed by atoms with Crippen molar-refractivity contribution in [3.8, 4) is 11.5 Å². The number of ether oxygens (including phenoxy) is 3. The van der Waals surface area contributed by atoms with Crippen LogP contribution in [-0.2, 0) is 9.53 Å². The van der Waals surface area contributed by atoms with E-state index in [0.29, 0.717) is 30.1 Å². The van der Waals surface area contributed by atoms with E-state index in [0.717, 1.165) is 5.56 Å². The number of rotatable bonds is 10. The van der Waals surface area contributed by atoms with Crippen molar-refractivity contribution in [2.45, 2.75) is 39.0 Å². The second-order valence-corrected chi connectivity index (χ2v) is 6.64. The van der Waals surface area contributed by atoms with Crippen molar-refractivity contribution in [3.05, 3.63) is 72.3 Å². The highest BCUT2D eigenvalue weighted by atomic mass is 19.4. The lowest BCUT2D eigenvalue weighted by molar-refractivity contribution is -0.196. The predicted molar refractivity (Wildman–Crippen MR) is 114 cm³/mol. The molecule has 4 nitrogen and oxygen atoms in total. The average molecular weight is 434 g/mol. The van der Waals surface area contributed by atoms with E-state index in [1.807, 2.05) is 0 Å². The maximum atomic E-state index is 13.0. The standard InChI is InChI=1S/C24H25F3O4/c1-4-6-22(24(25,26)27)31-21-14-12-20(13-15-21)30-17(3)19-10-7-18(8-11-19)9-16-23(28)29-5-2/h7-16,22H,3-6H2,1-2H3/b16-9+. The molecule has 0 aromatic heterocycles. The highest BCUT2D eigenvalue weighted by molar-refractivity contribution is 5.87. The topological polar surface area (TPSA) is 44.8 Å². The van der Waals surface area contributed by atoms with Crippen molar-refractivity contribution < 1.29 is 32.2 Å². The Morgan fingerprint density at radius 2 is 1.65 bits per heavy atom. The summed E-state index contributed by atoms with van der Waals surface area (Å²) in [4.78, 5) is 11.4. The maximum Gasteiger partial charge on any atom is 0.425 e. The Labute approximate surface area is 179 Å². The van der Waals surface area contributed by atoms with Gasteiger partial charge in [-0.1, -0.05) is 44.2 Å². The molecule has 0 spiro atoms. The minimum absolute atomic E-state index is 0.108. The lowest BCUT2D eigenvalue weighted by atomic mass is 10.1. The molecule has 0 aliphatic heterocycles. The van der Waals surface area contributed by atoms with Crippen LogP contribution in [-0.4, -0.2) is 24.9 Å². The fraction of sp³-hybridized carbons (Fsp3) is 0.292. The number of carbonyl (C=O) groups excluding carboxylic acids is 1. The molecule has 2 aromatic carbocycles. The Morgan fingerprint density at radius 1 is 1.03 bits per heavy atom. The third kappa shape index (κ3) is 7.85. The molecule has 0 N–H and O–H groups in total. The minimum Gasteiger partial charge on any atom is -0.481 e. The minimum atomic E-state index is -4.42. The highest BCUT2D eigenvalue weighted by Crippen LogP contribution is 2.29. The van der Waals surface area contributed by atoms with E-state index >= 15 is 0 Å². The van der Waals surface area contributed by atoms with Gasteiger partial charge >= 0.3 is 12.1 Å². The summed E-state index contributed by atoms with van der Waals surface area (Å²) in [6.07, 6.45) is -3.02. The molecular weight excluding hydrogens is 409 g/mol. The molecule has 1 unspecified atom stereocenters. The molecule has 0 saturated carbocycles. The smallest absolute Gasteiger partial charge is 0.425 e. The summed E-state index contributed by atoms with van der Waals surface area (Å²) in [5.41, 5.74) is 1.52. The molecule has 0 amide bonds. The summed E-state index contributed by atoms with van der Waals surface area (Å²) in [7, 11) is 0. The monoisotopic (exact) mass is 434 g/mol. The highest BCUT2D eigenvalue weighted by Gasteiger charge is 2.40. The first kappa shape index (κ1) is 24.1. The molecule has 0 aliphatic carbocycles. The fourth-order valence-corrected chi connectivity index (χ4v) is 2.64. The molecule has 31 heavy (non-hydrogen) atoms. The molecule has 2 aromatic rings. The van der Waals surface area contributed by atoms with Crippen LogP contribution in [0.4, 0.5) is 13.2 Å². The molecule has 7 heteroatoms. The summed E-state index contributed by atoms with van der Waals surface area (Å²) >= 11 is 0. The molecule has 0 heterocycles. The molecule has 0 saturated heterocycles. The number of esters is 1. The third-order valence-corrected chi connectivity index (χ3v) is 4.19. The molecule has 1 atom stereocenters. The van der Waals surface area contributed by atoms with Crippen molar-refractivity contribution in [1.29, 1.82) is 0 Å². The number of hydrogen-bond acceptors (Lipinski definition) is 4. The zero-order valence-corrected chi connectivity index (χ0v) is 17.4. The largest absolute Gasteiger partial charge is 0.481 e. The predicted octanol–water partition coefficient (Wildman–Crippen LogP) is 6.42. The van der Waals surface area contributed by atoms with Gasteiger partial charge < -0.3 is 14.2 Å². The van der Waals surface area contributed by atoms with Crippen molar-refractivity contribution in [2.24, 2.45) is 0 Å². The van der Waals surface area contributed by atoms with Crippen LogP contribution in [0.3, 0.4) is 0 Å². The van der Waals surface area contributed by atoms with Crippen molar-refractivity contribution >= 4 is 17.8 Å². The Hall–Kier alpha value is -3.22. The van der Waals surface area contributed by atoms with E-state index in [1.54, 1.807) is 44.2 Å². The molecular formula is C24H25F3O4. The van der Waals surface area contributed by atoms with Gasteiger partial charge in [-0.3, -0.25) is 0 Å². The second-order valence-electron chi connectivity index (χ2n) is 6.64. The maximum absolute atomic E-state index is 13.0. The molecule has 0 aliphatic rings. The second kappa shape index (κ2) is 11.2. The first-order valence-corrected chi connectivity index (χ1v) is 9.88. The number of carbonyl (C=O) groups is 1. The molecule has 0 fully saturated rings. The molecule has 2 rings (SSSR count). The fourth-order valence-electron chi connectivity index (χ4n) is 2.64. The van der Waals surface area contributed by atoms with Crippen molar-refractivity contribution in [2.75, 3.05) is 6.61 Å². The van der Waals surface area contributed by atoms with Gasteiger partial charge in [-0.15, -0.1) is 0 Å². The Bertz CT molecular complexity index is 885. The Morgan fingerprint density at radius 3 is 2.19 bits per heavy atom. The van der Waals surface area contributed by atoms with E-state index in [1.165, 1.54) is 30.3 Å². The van der Waals surface area contributed by atoms with Crippen LogP contribution in [0.2, 0.25) is 0 Å². The summed E-state index contributed by atoms with van der Waals surface area (Å²) in [6.45, 7) is 7.60. The first-order chi connectivity index (χ1) is 14.7. The van der Waals surface area contributed by atoms with Gasteiger partial charge in [-0.25, -0.2) is 4.79 Å². The number of hydrogen-bond donors (Lipinski definition) is 0. The van der Waals surface area contributed by atoms with Gasteiger partial charge in [0.1, 0.15) is 17.3 Å². The summed E-state index contributed by atoms with van der Waals surface area (Å²) < 4.78 is 54.6. The van der Waals surface area contributed by atoms with Gasteiger partial charge in [0.25, 0.3) is 0 Å². The van der Waals surface area contributed by atoms with Crippen molar-refractivity contribution in [1.82, 2.24) is 0 Å². The zero-order chi connectivity index (χ0) is 22.9. The molecule has 0 bridgehead atoms. The van der Waals surface area contributed by atoms with E-state index in [4.69, 9.17) is 14.2 Å². The van der Waals surface area contributed by atoms with Crippen LogP contribution in [0.5, 0.6) is 11.5 Å². The number of benzene rings is 2. The normalized spacial score (nSPS) is 12.4. The SMILES string of the molecule is C=C(Oc1ccc(OC(CCC)C(F)(F)F)cc1)c1ccc(/C=C/C(=O)OCC)cc1. The average Bonchev–Trinajstić information content (AvgIpc) is 2.73. The van der Waals surface area contributed by atoms with E-state index in [9.17, 15) is 18.0 Å². The summed E-state index contributed by atoms with van der Waals surface area (Å²) in [6, 6.07) is 13.1. The molecule has 166 valence electrons. The van der Waals surface area contributed by atoms with Crippen LogP contribution in [0.25, 0.3) is 11.8 Å². The van der Waals surface area contributed by atoms with E-state index in [2.05, 4.69) is 6.58 Å². The van der Waals surface area contributed by atoms with E-state index in [-0.39, 0.29) is 12.2 Å². The van der Waals surface area contributed by atoms with Crippen LogP contribution in [0.15, 0.2) is 61.2 Å². The van der Waals surface area contributed by atoms with Crippen LogP contribution in [0, 0.1) is 0 Å². The van der Waals surface area contributed by atoms with Gasteiger partial charge in [0.2, 0.25) is 0 Å². The lowest BCUT2D eigenvalue weighted by Gasteiger charge is -2.21. The lowest BCUT2D eigenvalue weighted by Crippen LogP contribution is -2.34. The molecule has 0 radical (unpaired) electrons. The van der Waals surface area contributed by atoms with Crippen LogP contribution >= 0.6 is 0 Å². The first-order valence-electron chi connectivity index (χ1n) is 9.88. The van der Waals surface area contributed by atoms with Gasteiger partial charge in [0, 0.05) is 11.6 Å². The van der Waals surface area contributed by atoms with Crippen molar-refractivity contribution in [3.63, 3.8) is 0 Å². The van der Waals surface area contributed by atoms with Gasteiger partial charge in [0.15, 0.2) is 6.10 Å². The van der Waals surface area contributed by atoms with Gasteiger partial charge in [0.05, 0.1) is 6.61 Å². The summed E-state index contributed by atoms with van der Waals surface area (Å²) in [5, 5.41) is 0. The number of halogens is 3. The zero-order valence-electron chi connectivity index (χ0n) is 17.4. The third-order valence-electron chi connectivity index (χ3n) is 4.19. The Kier molecular flexibility index (Phi) is 8.73. The van der Waals surface area contributed by atoms with Crippen LogP contribution in [0.1, 0.15) is 37.8 Å². The van der Waals surface area contributed by atoms with Crippen LogP contribution < -0.4 is 9.47 Å².